The van der Waals surface area contributed by atoms with Crippen molar-refractivity contribution in [3.05, 3.63) is 0 Å². The molecule has 0 aromatic carbocycles. The maximum Gasteiger partial charge on any atom is 2.00 e. The predicted octanol–water partition coefficient (Wildman–Crippen LogP) is -4.25. The molecule has 0 aliphatic rings. The third-order valence-electron chi connectivity index (χ3n) is 0. The van der Waals surface area contributed by atoms with Gasteiger partial charge in [-0.25, -0.2) is 0 Å². The second-order valence-electron chi connectivity index (χ2n) is 0.447. The molecule has 0 aromatic rings. The molecular weight excluding hydrogens is 265 g/mol. The summed E-state index contributed by atoms with van der Waals surface area (Å²) in [6.45, 7) is 0. The van der Waals surface area contributed by atoms with Crippen molar-refractivity contribution >= 4 is 14.5 Å². The minimum atomic E-state index is -5.88. The molecule has 0 aromatic heterocycles. The van der Waals surface area contributed by atoms with E-state index in [0.29, 0.717) is 0 Å². The van der Waals surface area contributed by atoms with E-state index in [1.54, 1.807) is 0 Å². The van der Waals surface area contributed by atoms with Crippen LogP contribution in [-0.4, -0.2) is 20.0 Å². The quantitative estimate of drug-likeness (QED) is 0.411. The van der Waals surface area contributed by atoms with E-state index < -0.39 is 14.5 Å². The SMILES string of the molecule is O=[As]([O-])([O-])[O-].[Mn+2].[Mn+2].[OH-]. The molecule has 0 unspecified atom stereocenters. The Morgan fingerprint density at radius 2 is 1.00 bits per heavy atom. The first-order valence-corrected chi connectivity index (χ1v) is 3.79. The summed E-state index contributed by atoms with van der Waals surface area (Å²) in [7, 11) is 0. The zero-order chi connectivity index (χ0) is 4.50. The molecule has 0 rings (SSSR count). The van der Waals surface area contributed by atoms with E-state index in [0.717, 1.165) is 0 Å². The zero-order valence-electron chi connectivity index (χ0n) is 3.28. The maximum atomic E-state index is 8.61. The molecule has 0 atom stereocenters. The molecule has 2 radical (unpaired) electrons. The average molecular weight is 266 g/mol. The topological polar surface area (TPSA) is 116 Å². The van der Waals surface area contributed by atoms with Gasteiger partial charge < -0.3 is 5.48 Å². The largest absolute Gasteiger partial charge is 2.00 e. The van der Waals surface area contributed by atoms with Gasteiger partial charge in [-0.3, -0.25) is 0 Å². The Bertz CT molecular complexity index is 56.6. The fourth-order valence-electron chi connectivity index (χ4n) is 0. The van der Waals surface area contributed by atoms with Gasteiger partial charge in [0.15, 0.2) is 0 Å². The first-order chi connectivity index (χ1) is 2.00. The van der Waals surface area contributed by atoms with E-state index in [1.807, 2.05) is 0 Å². The Labute approximate surface area is 70.1 Å². The summed E-state index contributed by atoms with van der Waals surface area (Å²) in [6, 6.07) is 0. The van der Waals surface area contributed by atoms with Gasteiger partial charge in [-0.2, -0.15) is 0 Å². The molecule has 0 spiro atoms. The maximum absolute atomic E-state index is 8.61. The van der Waals surface area contributed by atoms with Crippen molar-refractivity contribution in [3.8, 4) is 0 Å². The summed E-state index contributed by atoms with van der Waals surface area (Å²) in [5.74, 6) is 0. The van der Waals surface area contributed by atoms with Crippen LogP contribution in [0.15, 0.2) is 0 Å². The Kier molecular flexibility index (Phi) is 23.5. The number of rotatable bonds is 0. The molecule has 0 saturated carbocycles. The van der Waals surface area contributed by atoms with Crippen LogP contribution in [0.2, 0.25) is 0 Å². The van der Waals surface area contributed by atoms with Gasteiger partial charge in [-0.05, 0) is 0 Å². The molecule has 0 fully saturated rings. The normalized spacial score (nSPS) is 7.38. The standard InChI is InChI=1S/AsH3O4.2Mn.H2O/c2-1(3,4)5;;;/h(H3,2,3,4,5);;;1H2/q;2*+2;/p-4. The minimum Gasteiger partial charge on any atom is -0.870 e. The van der Waals surface area contributed by atoms with E-state index in [4.69, 9.17) is 16.0 Å². The molecule has 0 bridgehead atoms. The van der Waals surface area contributed by atoms with Gasteiger partial charge in [0.1, 0.15) is 0 Å². The number of hydrogen-bond donors (Lipinski definition) is 0. The molecule has 5 nitrogen and oxygen atoms in total. The minimum absolute atomic E-state index is 0. The van der Waals surface area contributed by atoms with Crippen molar-refractivity contribution in [2.24, 2.45) is 0 Å². The van der Waals surface area contributed by atoms with Crippen molar-refractivity contribution < 1.29 is 55.6 Å². The van der Waals surface area contributed by atoms with Crippen molar-refractivity contribution in [2.75, 3.05) is 0 Å². The monoisotopic (exact) mass is 266 g/mol. The predicted molar refractivity (Wildman–Crippen MR) is 8.38 cm³/mol. The van der Waals surface area contributed by atoms with E-state index >= 15 is 0 Å². The summed E-state index contributed by atoms with van der Waals surface area (Å²) >= 11 is -5.88. The summed E-state index contributed by atoms with van der Waals surface area (Å²) in [5, 5.41) is 0. The summed E-state index contributed by atoms with van der Waals surface area (Å²) in [6.07, 6.45) is 0. The van der Waals surface area contributed by atoms with Gasteiger partial charge in [-0.1, -0.05) is 0 Å². The van der Waals surface area contributed by atoms with E-state index in [-0.39, 0.29) is 39.6 Å². The summed E-state index contributed by atoms with van der Waals surface area (Å²) in [4.78, 5) is 0. The van der Waals surface area contributed by atoms with Gasteiger partial charge in [0.2, 0.25) is 0 Å². The molecule has 8 heteroatoms. The van der Waals surface area contributed by atoms with Crippen LogP contribution in [0.3, 0.4) is 0 Å². The molecule has 50 valence electrons. The van der Waals surface area contributed by atoms with Gasteiger partial charge in [-0.15, -0.1) is 0 Å². The van der Waals surface area contributed by atoms with Crippen LogP contribution in [-0.2, 0) is 37.9 Å². The van der Waals surface area contributed by atoms with Crippen LogP contribution in [0.4, 0.5) is 0 Å². The van der Waals surface area contributed by atoms with Crippen LogP contribution in [0.5, 0.6) is 0 Å². The first kappa shape index (κ1) is 22.9. The second-order valence-corrected chi connectivity index (χ2v) is 2.32. The molecule has 0 aliphatic heterocycles. The molecule has 0 aliphatic carbocycles. The number of hydrogen-bond acceptors (Lipinski definition) is 5. The molecule has 8 heavy (non-hydrogen) atoms. The van der Waals surface area contributed by atoms with E-state index in [1.165, 1.54) is 0 Å². The third-order valence-corrected chi connectivity index (χ3v) is 0. The Morgan fingerprint density at radius 3 is 1.00 bits per heavy atom. The van der Waals surface area contributed by atoms with Crippen LogP contribution < -0.4 is 12.3 Å². The Morgan fingerprint density at radius 1 is 1.00 bits per heavy atom. The molecule has 1 N–H and O–H groups in total. The fourth-order valence-corrected chi connectivity index (χ4v) is 0. The average Bonchev–Trinajstić information content (AvgIpc) is 0.722. The Balaban J connectivity index is -0.0000000267. The van der Waals surface area contributed by atoms with E-state index in [2.05, 4.69) is 0 Å². The smallest absolute Gasteiger partial charge is 0.870 e. The van der Waals surface area contributed by atoms with Crippen LogP contribution in [0.25, 0.3) is 0 Å². The molecule has 0 amide bonds. The molecular formula is HAsMn2O5. The van der Waals surface area contributed by atoms with Crippen molar-refractivity contribution in [2.45, 2.75) is 0 Å². The Hall–Kier alpha value is 1.24. The first-order valence-electron chi connectivity index (χ1n) is 0.730. The fraction of sp³-hybridized carbons (Fsp3) is 0. The van der Waals surface area contributed by atoms with Crippen molar-refractivity contribution in [1.82, 2.24) is 0 Å². The summed E-state index contributed by atoms with van der Waals surface area (Å²) in [5.41, 5.74) is 0. The second kappa shape index (κ2) is 8.24. The van der Waals surface area contributed by atoms with Crippen LogP contribution >= 0.6 is 0 Å². The van der Waals surface area contributed by atoms with Gasteiger partial charge >= 0.3 is 64.7 Å². The van der Waals surface area contributed by atoms with E-state index in [9.17, 15) is 0 Å². The molecule has 0 saturated heterocycles. The molecule has 0 heterocycles. The third kappa shape index (κ3) is 184. The summed E-state index contributed by atoms with van der Waals surface area (Å²) < 4.78 is 34.4. The van der Waals surface area contributed by atoms with Gasteiger partial charge in [0, 0.05) is 0 Å². The zero-order valence-corrected chi connectivity index (χ0v) is 7.52. The van der Waals surface area contributed by atoms with Crippen molar-refractivity contribution in [3.63, 3.8) is 0 Å². The van der Waals surface area contributed by atoms with Crippen molar-refractivity contribution in [1.29, 1.82) is 0 Å². The van der Waals surface area contributed by atoms with Gasteiger partial charge in [0.05, 0.1) is 0 Å². The van der Waals surface area contributed by atoms with Gasteiger partial charge in [0.25, 0.3) is 0 Å². The van der Waals surface area contributed by atoms with Crippen LogP contribution in [0.1, 0.15) is 0 Å². The van der Waals surface area contributed by atoms with Crippen LogP contribution in [0, 0.1) is 0 Å².